The highest BCUT2D eigenvalue weighted by Gasteiger charge is 2.19. The summed E-state index contributed by atoms with van der Waals surface area (Å²) in [5, 5.41) is 15.8. The smallest absolute Gasteiger partial charge is 0.264 e. The van der Waals surface area contributed by atoms with E-state index < -0.39 is 17.5 Å². The molecular weight excluding hydrogens is 456 g/mol. The van der Waals surface area contributed by atoms with E-state index in [0.717, 1.165) is 35.5 Å². The van der Waals surface area contributed by atoms with Crippen molar-refractivity contribution in [3.05, 3.63) is 106 Å². The third kappa shape index (κ3) is 6.83. The van der Waals surface area contributed by atoms with Gasteiger partial charge >= 0.3 is 0 Å². The van der Waals surface area contributed by atoms with Gasteiger partial charge in [-0.15, -0.1) is 11.8 Å². The van der Waals surface area contributed by atoms with Crippen molar-refractivity contribution in [1.82, 2.24) is 5.32 Å². The van der Waals surface area contributed by atoms with Gasteiger partial charge in [0.1, 0.15) is 29.0 Å². The van der Waals surface area contributed by atoms with Crippen LogP contribution in [-0.2, 0) is 17.1 Å². The Balaban J connectivity index is 1.90. The first-order valence-electron chi connectivity index (χ1n) is 10.5. The average Bonchev–Trinajstić information content (AvgIpc) is 2.85. The molecule has 0 fully saturated rings. The fourth-order valence-electron chi connectivity index (χ4n) is 3.02. The molecule has 5 nitrogen and oxygen atoms in total. The number of carbonyl (C=O) groups is 1. The van der Waals surface area contributed by atoms with Crippen molar-refractivity contribution >= 4 is 23.4 Å². The predicted octanol–water partition coefficient (Wildman–Crippen LogP) is 5.76. The summed E-state index contributed by atoms with van der Waals surface area (Å²) < 4.78 is 33.4. The molecule has 0 atom stereocenters. The largest absolute Gasteiger partial charge is 0.492 e. The van der Waals surface area contributed by atoms with E-state index in [9.17, 15) is 18.8 Å². The van der Waals surface area contributed by atoms with Crippen molar-refractivity contribution in [2.75, 3.05) is 11.9 Å². The molecule has 0 saturated carbocycles. The second kappa shape index (κ2) is 12.4. The van der Waals surface area contributed by atoms with Crippen LogP contribution >= 0.6 is 11.8 Å². The number of rotatable bonds is 10. The van der Waals surface area contributed by atoms with Crippen LogP contribution < -0.4 is 15.4 Å². The van der Waals surface area contributed by atoms with E-state index in [-0.39, 0.29) is 28.5 Å². The van der Waals surface area contributed by atoms with Gasteiger partial charge in [-0.2, -0.15) is 5.26 Å². The molecule has 3 aromatic carbocycles. The molecule has 174 valence electrons. The quantitative estimate of drug-likeness (QED) is 0.286. The molecular formula is C26H23F2N3O2S. The van der Waals surface area contributed by atoms with Gasteiger partial charge < -0.3 is 15.4 Å². The minimum absolute atomic E-state index is 0.000125. The zero-order valence-corrected chi connectivity index (χ0v) is 19.3. The topological polar surface area (TPSA) is 74.1 Å². The maximum atomic E-state index is 14.2. The first-order chi connectivity index (χ1) is 16.5. The van der Waals surface area contributed by atoms with Crippen molar-refractivity contribution < 1.29 is 18.3 Å². The highest BCUT2D eigenvalue weighted by atomic mass is 32.2. The van der Waals surface area contributed by atoms with Crippen molar-refractivity contribution in [2.45, 2.75) is 19.2 Å². The second-order valence-electron chi connectivity index (χ2n) is 7.06. The molecule has 0 saturated heterocycles. The summed E-state index contributed by atoms with van der Waals surface area (Å²) in [6.07, 6.45) is 0. The standard InChI is InChI=1S/C26H23F2N3O2S/c1-2-33-24-11-7-6-10-23(24)31-26(34-17-19-14-20(27)12-13-22(19)28)21(15-29)25(32)30-16-18-8-4-3-5-9-18/h3-14,31H,2,16-17H2,1H3,(H,30,32). The van der Waals surface area contributed by atoms with E-state index in [2.05, 4.69) is 10.6 Å². The molecule has 0 aromatic heterocycles. The molecule has 1 amide bonds. The Morgan fingerprint density at radius 1 is 1.06 bits per heavy atom. The zero-order valence-electron chi connectivity index (χ0n) is 18.5. The van der Waals surface area contributed by atoms with Crippen molar-refractivity contribution in [1.29, 1.82) is 5.26 Å². The van der Waals surface area contributed by atoms with Crippen molar-refractivity contribution in [3.63, 3.8) is 0 Å². The Hall–Kier alpha value is -3.83. The zero-order chi connectivity index (χ0) is 24.3. The minimum Gasteiger partial charge on any atom is -0.492 e. The lowest BCUT2D eigenvalue weighted by atomic mass is 10.2. The van der Waals surface area contributed by atoms with E-state index in [1.165, 1.54) is 0 Å². The van der Waals surface area contributed by atoms with Crippen molar-refractivity contribution in [3.8, 4) is 11.8 Å². The summed E-state index contributed by atoms with van der Waals surface area (Å²) in [6, 6.07) is 21.5. The molecule has 0 aliphatic carbocycles. The SMILES string of the molecule is CCOc1ccccc1NC(SCc1cc(F)ccc1F)=C(C#N)C(=O)NCc1ccccc1. The van der Waals surface area contributed by atoms with Crippen LogP contribution in [0.4, 0.5) is 14.5 Å². The average molecular weight is 480 g/mol. The van der Waals surface area contributed by atoms with Crippen LogP contribution in [0.5, 0.6) is 5.75 Å². The fraction of sp³-hybridized carbons (Fsp3) is 0.154. The van der Waals surface area contributed by atoms with Crippen molar-refractivity contribution in [2.24, 2.45) is 0 Å². The minimum atomic E-state index is -0.588. The van der Waals surface area contributed by atoms with Crippen LogP contribution in [0.25, 0.3) is 0 Å². The summed E-state index contributed by atoms with van der Waals surface area (Å²) in [7, 11) is 0. The number of nitrogens with one attached hydrogen (secondary N) is 2. The number of para-hydroxylation sites is 2. The van der Waals surface area contributed by atoms with Crippen LogP contribution in [-0.4, -0.2) is 12.5 Å². The maximum absolute atomic E-state index is 14.2. The molecule has 0 bridgehead atoms. The van der Waals surface area contributed by atoms with Gasteiger partial charge in [0.05, 0.1) is 17.3 Å². The van der Waals surface area contributed by atoms with Gasteiger partial charge in [-0.3, -0.25) is 4.79 Å². The number of halogens is 2. The van der Waals surface area contributed by atoms with Gasteiger partial charge in [0.15, 0.2) is 0 Å². The summed E-state index contributed by atoms with van der Waals surface area (Å²) in [6.45, 7) is 2.49. The molecule has 34 heavy (non-hydrogen) atoms. The van der Waals surface area contributed by atoms with E-state index in [4.69, 9.17) is 4.74 Å². The van der Waals surface area contributed by atoms with E-state index in [1.54, 1.807) is 24.3 Å². The lowest BCUT2D eigenvalue weighted by Crippen LogP contribution is -2.25. The lowest BCUT2D eigenvalue weighted by Gasteiger charge is -2.16. The van der Waals surface area contributed by atoms with Gasteiger partial charge in [-0.25, -0.2) is 8.78 Å². The molecule has 2 N–H and O–H groups in total. The summed E-state index contributed by atoms with van der Waals surface area (Å²) >= 11 is 1.02. The molecule has 3 rings (SSSR count). The monoisotopic (exact) mass is 479 g/mol. The fourth-order valence-corrected chi connectivity index (χ4v) is 4.01. The Labute approximate surface area is 201 Å². The number of nitriles is 1. The molecule has 3 aromatic rings. The molecule has 0 aliphatic rings. The number of amides is 1. The number of ether oxygens (including phenoxy) is 1. The van der Waals surface area contributed by atoms with Gasteiger partial charge in [0.2, 0.25) is 0 Å². The van der Waals surface area contributed by atoms with E-state index in [1.807, 2.05) is 43.3 Å². The van der Waals surface area contributed by atoms with Gasteiger partial charge in [0, 0.05) is 17.9 Å². The summed E-state index contributed by atoms with van der Waals surface area (Å²) in [4.78, 5) is 12.9. The number of anilines is 1. The number of benzene rings is 3. The third-order valence-corrected chi connectivity index (χ3v) is 5.73. The Bertz CT molecular complexity index is 1210. The molecule has 0 unspecified atom stereocenters. The second-order valence-corrected chi connectivity index (χ2v) is 8.05. The number of thioether (sulfide) groups is 1. The summed E-state index contributed by atoms with van der Waals surface area (Å²) in [5.74, 6) is -1.20. The Morgan fingerprint density at radius 2 is 1.79 bits per heavy atom. The van der Waals surface area contributed by atoms with Gasteiger partial charge in [-0.05, 0) is 42.8 Å². The van der Waals surface area contributed by atoms with Crippen LogP contribution in [0.3, 0.4) is 0 Å². The van der Waals surface area contributed by atoms with Crippen LogP contribution in [0, 0.1) is 23.0 Å². The number of hydrogen-bond donors (Lipinski definition) is 2. The predicted molar refractivity (Wildman–Crippen MR) is 130 cm³/mol. The normalized spacial score (nSPS) is 11.2. The molecule has 8 heteroatoms. The number of hydrogen-bond acceptors (Lipinski definition) is 5. The maximum Gasteiger partial charge on any atom is 0.264 e. The molecule has 0 spiro atoms. The van der Waals surface area contributed by atoms with Gasteiger partial charge in [0.25, 0.3) is 5.91 Å². The Kier molecular flexibility index (Phi) is 9.06. The van der Waals surface area contributed by atoms with Crippen LogP contribution in [0.1, 0.15) is 18.1 Å². The Morgan fingerprint density at radius 3 is 2.53 bits per heavy atom. The highest BCUT2D eigenvalue weighted by molar-refractivity contribution is 8.02. The molecule has 0 aliphatic heterocycles. The van der Waals surface area contributed by atoms with Crippen LogP contribution in [0.15, 0.2) is 83.4 Å². The molecule has 0 radical (unpaired) electrons. The first kappa shape index (κ1) is 24.8. The van der Waals surface area contributed by atoms with Gasteiger partial charge in [-0.1, -0.05) is 42.5 Å². The molecule has 0 heterocycles. The number of carbonyl (C=O) groups excluding carboxylic acids is 1. The third-order valence-electron chi connectivity index (χ3n) is 4.68. The number of nitrogens with zero attached hydrogens (tertiary/aromatic N) is 1. The lowest BCUT2D eigenvalue weighted by molar-refractivity contribution is -0.117. The highest BCUT2D eigenvalue weighted by Crippen LogP contribution is 2.32. The van der Waals surface area contributed by atoms with E-state index >= 15 is 0 Å². The summed E-state index contributed by atoms with van der Waals surface area (Å²) in [5.41, 5.74) is 1.35. The van der Waals surface area contributed by atoms with Crippen LogP contribution in [0.2, 0.25) is 0 Å². The first-order valence-corrected chi connectivity index (χ1v) is 11.5. The van der Waals surface area contributed by atoms with E-state index in [0.29, 0.717) is 18.0 Å².